The molecule has 1 aromatic heterocycles. The first-order chi connectivity index (χ1) is 12.6. The second-order valence-corrected chi connectivity index (χ2v) is 6.41. The molecule has 0 aliphatic carbocycles. The Hall–Kier alpha value is -2.98. The van der Waals surface area contributed by atoms with Gasteiger partial charge in [0.1, 0.15) is 11.6 Å². The molecular formula is C19H21N5O2. The number of nitriles is 1. The van der Waals surface area contributed by atoms with Crippen LogP contribution in [0.25, 0.3) is 0 Å². The van der Waals surface area contributed by atoms with Crippen molar-refractivity contribution in [1.82, 2.24) is 9.97 Å². The van der Waals surface area contributed by atoms with E-state index >= 15 is 0 Å². The molecule has 1 fully saturated rings. The molecule has 26 heavy (non-hydrogen) atoms. The van der Waals surface area contributed by atoms with Crippen LogP contribution in [-0.2, 0) is 11.2 Å². The van der Waals surface area contributed by atoms with Gasteiger partial charge in [-0.25, -0.2) is 4.98 Å². The van der Waals surface area contributed by atoms with Crippen LogP contribution in [0.5, 0.6) is 0 Å². The fraction of sp³-hybridized carbons (Fsp3) is 0.368. The topological polar surface area (TPSA) is 115 Å². The molecule has 0 bridgehead atoms. The summed E-state index contributed by atoms with van der Waals surface area (Å²) in [6, 6.07) is 9.53. The minimum absolute atomic E-state index is 0.144. The van der Waals surface area contributed by atoms with Gasteiger partial charge in [-0.05, 0) is 31.4 Å². The maximum absolute atomic E-state index is 12.4. The molecule has 0 amide bonds. The van der Waals surface area contributed by atoms with Crippen molar-refractivity contribution in [2.24, 2.45) is 0 Å². The molecule has 2 heterocycles. The summed E-state index contributed by atoms with van der Waals surface area (Å²) >= 11 is 0. The summed E-state index contributed by atoms with van der Waals surface area (Å²) in [4.78, 5) is 19.6. The predicted molar refractivity (Wildman–Crippen MR) is 98.8 cm³/mol. The fourth-order valence-corrected chi connectivity index (χ4v) is 3.14. The quantitative estimate of drug-likeness (QED) is 0.715. The van der Waals surface area contributed by atoms with Crippen LogP contribution >= 0.6 is 0 Å². The standard InChI is InChI=1S/C19H21N5O2/c1-12-8-15(6-7-26-12)22-18-16(11-21)19(25)24-17(23-18)9-13-4-2-3-5-14(13)10-20/h2-5,11-12,15,21H,6-9H2,1H3,(H2,22,23,24,25). The Morgan fingerprint density at radius 3 is 3.04 bits per heavy atom. The van der Waals surface area contributed by atoms with Crippen molar-refractivity contribution in [3.63, 3.8) is 0 Å². The van der Waals surface area contributed by atoms with Crippen molar-refractivity contribution in [2.45, 2.75) is 38.3 Å². The van der Waals surface area contributed by atoms with Gasteiger partial charge in [-0.3, -0.25) is 4.79 Å². The van der Waals surface area contributed by atoms with Gasteiger partial charge in [0, 0.05) is 25.3 Å². The fourth-order valence-electron chi connectivity index (χ4n) is 3.14. The number of benzene rings is 1. The van der Waals surface area contributed by atoms with E-state index in [4.69, 9.17) is 10.1 Å². The number of H-pyrrole nitrogens is 1. The molecule has 7 heteroatoms. The number of rotatable bonds is 5. The molecule has 134 valence electrons. The van der Waals surface area contributed by atoms with E-state index < -0.39 is 0 Å². The van der Waals surface area contributed by atoms with E-state index in [1.807, 2.05) is 19.1 Å². The smallest absolute Gasteiger partial charge is 0.261 e. The van der Waals surface area contributed by atoms with Gasteiger partial charge in [-0.1, -0.05) is 18.2 Å². The van der Waals surface area contributed by atoms with E-state index in [2.05, 4.69) is 21.4 Å². The van der Waals surface area contributed by atoms with Crippen molar-refractivity contribution in [3.05, 3.63) is 57.1 Å². The third-order valence-electron chi connectivity index (χ3n) is 4.47. The molecule has 3 N–H and O–H groups in total. The Balaban J connectivity index is 1.90. The number of hydrogen-bond donors (Lipinski definition) is 3. The molecule has 2 atom stereocenters. The van der Waals surface area contributed by atoms with Gasteiger partial charge in [0.15, 0.2) is 0 Å². The Kier molecular flexibility index (Phi) is 5.44. The molecule has 1 saturated heterocycles. The van der Waals surface area contributed by atoms with Crippen molar-refractivity contribution in [3.8, 4) is 6.07 Å². The van der Waals surface area contributed by atoms with Gasteiger partial charge in [-0.2, -0.15) is 5.26 Å². The van der Waals surface area contributed by atoms with E-state index in [0.29, 0.717) is 30.2 Å². The number of aromatic amines is 1. The maximum atomic E-state index is 12.4. The summed E-state index contributed by atoms with van der Waals surface area (Å²) in [5, 5.41) is 20.1. The van der Waals surface area contributed by atoms with E-state index in [1.54, 1.807) is 12.1 Å². The first-order valence-corrected chi connectivity index (χ1v) is 8.60. The van der Waals surface area contributed by atoms with Crippen molar-refractivity contribution in [2.75, 3.05) is 11.9 Å². The lowest BCUT2D eigenvalue weighted by molar-refractivity contribution is 0.0231. The molecule has 3 rings (SSSR count). The van der Waals surface area contributed by atoms with Gasteiger partial charge in [0.05, 0.1) is 23.3 Å². The number of nitrogens with one attached hydrogen (secondary N) is 3. The molecule has 7 nitrogen and oxygen atoms in total. The van der Waals surface area contributed by atoms with Crippen LogP contribution in [0, 0.1) is 16.7 Å². The molecule has 0 saturated carbocycles. The number of nitrogens with zero attached hydrogens (tertiary/aromatic N) is 2. The normalized spacial score (nSPS) is 19.5. The molecule has 0 spiro atoms. The zero-order valence-corrected chi connectivity index (χ0v) is 14.6. The Bertz CT molecular complexity index is 900. The summed E-state index contributed by atoms with van der Waals surface area (Å²) in [6.45, 7) is 2.67. The third-order valence-corrected chi connectivity index (χ3v) is 4.47. The third kappa shape index (κ3) is 3.98. The van der Waals surface area contributed by atoms with Crippen molar-refractivity contribution >= 4 is 12.0 Å². The monoisotopic (exact) mass is 351 g/mol. The molecule has 2 aromatic rings. The molecule has 1 aromatic carbocycles. The van der Waals surface area contributed by atoms with Crippen LogP contribution in [0.15, 0.2) is 29.1 Å². The number of aromatic nitrogens is 2. The highest BCUT2D eigenvalue weighted by atomic mass is 16.5. The van der Waals surface area contributed by atoms with Crippen LogP contribution in [0.1, 0.15) is 42.3 Å². The Morgan fingerprint density at radius 1 is 1.50 bits per heavy atom. The zero-order valence-electron chi connectivity index (χ0n) is 14.6. The first-order valence-electron chi connectivity index (χ1n) is 8.60. The van der Waals surface area contributed by atoms with Gasteiger partial charge in [0.2, 0.25) is 0 Å². The SMILES string of the molecule is CC1CC(Nc2nc(Cc3ccccc3C#N)[nH]c(=O)c2C=N)CCO1. The van der Waals surface area contributed by atoms with E-state index in [-0.39, 0.29) is 23.3 Å². The first kappa shape index (κ1) is 17.8. The molecule has 1 aliphatic rings. The minimum Gasteiger partial charge on any atom is -0.378 e. The summed E-state index contributed by atoms with van der Waals surface area (Å²) in [6.07, 6.45) is 3.15. The second-order valence-electron chi connectivity index (χ2n) is 6.41. The van der Waals surface area contributed by atoms with Crippen LogP contribution < -0.4 is 10.9 Å². The largest absolute Gasteiger partial charge is 0.378 e. The highest BCUT2D eigenvalue weighted by Crippen LogP contribution is 2.19. The maximum Gasteiger partial charge on any atom is 0.261 e. The Labute approximate surface area is 151 Å². The second kappa shape index (κ2) is 7.93. The van der Waals surface area contributed by atoms with E-state index in [0.717, 1.165) is 24.6 Å². The number of ether oxygens (including phenoxy) is 1. The van der Waals surface area contributed by atoms with Crippen LogP contribution in [0.3, 0.4) is 0 Å². The van der Waals surface area contributed by atoms with Gasteiger partial charge in [0.25, 0.3) is 5.56 Å². The molecule has 0 radical (unpaired) electrons. The van der Waals surface area contributed by atoms with Gasteiger partial charge in [-0.15, -0.1) is 0 Å². The highest BCUT2D eigenvalue weighted by Gasteiger charge is 2.21. The number of anilines is 1. The molecular weight excluding hydrogens is 330 g/mol. The van der Waals surface area contributed by atoms with Gasteiger partial charge >= 0.3 is 0 Å². The lowest BCUT2D eigenvalue weighted by Gasteiger charge is -2.28. The zero-order chi connectivity index (χ0) is 18.5. The summed E-state index contributed by atoms with van der Waals surface area (Å²) in [7, 11) is 0. The predicted octanol–water partition coefficient (Wildman–Crippen LogP) is 2.21. The molecule has 2 unspecified atom stereocenters. The lowest BCUT2D eigenvalue weighted by atomic mass is 10.0. The Morgan fingerprint density at radius 2 is 2.31 bits per heavy atom. The lowest BCUT2D eigenvalue weighted by Crippen LogP contribution is -2.34. The van der Waals surface area contributed by atoms with Gasteiger partial charge < -0.3 is 20.4 Å². The van der Waals surface area contributed by atoms with Crippen molar-refractivity contribution in [1.29, 1.82) is 10.7 Å². The summed E-state index contributed by atoms with van der Waals surface area (Å²) < 4.78 is 5.55. The number of hydrogen-bond acceptors (Lipinski definition) is 6. The van der Waals surface area contributed by atoms with Crippen LogP contribution in [0.2, 0.25) is 0 Å². The molecule has 1 aliphatic heterocycles. The average molecular weight is 351 g/mol. The highest BCUT2D eigenvalue weighted by molar-refractivity contribution is 5.83. The average Bonchev–Trinajstić information content (AvgIpc) is 2.62. The minimum atomic E-state index is -0.359. The van der Waals surface area contributed by atoms with Crippen LogP contribution in [0.4, 0.5) is 5.82 Å². The van der Waals surface area contributed by atoms with Crippen molar-refractivity contribution < 1.29 is 4.74 Å². The van der Waals surface area contributed by atoms with E-state index in [9.17, 15) is 10.1 Å². The summed E-state index contributed by atoms with van der Waals surface area (Å²) in [5.41, 5.74) is 1.20. The summed E-state index contributed by atoms with van der Waals surface area (Å²) in [5.74, 6) is 0.873. The van der Waals surface area contributed by atoms with Crippen LogP contribution in [-0.4, -0.2) is 34.9 Å². The van der Waals surface area contributed by atoms with E-state index in [1.165, 1.54) is 0 Å².